The lowest BCUT2D eigenvalue weighted by molar-refractivity contribution is -0.386. The maximum absolute atomic E-state index is 12.6. The summed E-state index contributed by atoms with van der Waals surface area (Å²) >= 11 is 0. The molecule has 0 spiro atoms. The molecule has 0 bridgehead atoms. The monoisotopic (exact) mass is 309 g/mol. The smallest absolute Gasteiger partial charge is 0.312 e. The minimum absolute atomic E-state index is 0.0621. The van der Waals surface area contributed by atoms with Gasteiger partial charge in [0.05, 0.1) is 18.6 Å². The highest BCUT2D eigenvalue weighted by Crippen LogP contribution is 3.02. The third kappa shape index (κ3) is 3.23. The van der Waals surface area contributed by atoms with Crippen molar-refractivity contribution in [2.75, 3.05) is 7.11 Å². The van der Waals surface area contributed by atoms with Crippen molar-refractivity contribution >= 4 is 15.9 Å². The number of nitro benzene ring substituents is 1. The van der Waals surface area contributed by atoms with Crippen LogP contribution >= 0.6 is 10.2 Å². The predicted octanol–water partition coefficient (Wildman–Crippen LogP) is 3.75. The summed E-state index contributed by atoms with van der Waals surface area (Å²) in [5.41, 5.74) is -2.04. The molecular formula is C8H8F5NO4S. The second kappa shape index (κ2) is 3.70. The van der Waals surface area contributed by atoms with Gasteiger partial charge in [-0.15, -0.1) is 0 Å². The molecule has 0 unspecified atom stereocenters. The van der Waals surface area contributed by atoms with Crippen molar-refractivity contribution in [1.82, 2.24) is 0 Å². The van der Waals surface area contributed by atoms with Crippen molar-refractivity contribution in [3.05, 3.63) is 27.8 Å². The Morgan fingerprint density at radius 2 is 1.84 bits per heavy atom. The largest absolute Gasteiger partial charge is 0.490 e. The molecule has 1 N–H and O–H groups in total. The van der Waals surface area contributed by atoms with Crippen molar-refractivity contribution in [3.63, 3.8) is 0 Å². The lowest BCUT2D eigenvalue weighted by Gasteiger charge is -2.40. The third-order valence-corrected chi connectivity index (χ3v) is 3.26. The van der Waals surface area contributed by atoms with Gasteiger partial charge in [-0.3, -0.25) is 10.1 Å². The maximum Gasteiger partial charge on any atom is 0.312 e. The summed E-state index contributed by atoms with van der Waals surface area (Å²) in [6.45, 7) is -1.12. The molecule has 0 saturated carbocycles. The van der Waals surface area contributed by atoms with Gasteiger partial charge >= 0.3 is 15.9 Å². The van der Waals surface area contributed by atoms with Crippen LogP contribution in [0.25, 0.3) is 0 Å². The molecule has 0 heterocycles. The molecule has 19 heavy (non-hydrogen) atoms. The van der Waals surface area contributed by atoms with Crippen molar-refractivity contribution in [3.8, 4) is 5.75 Å². The van der Waals surface area contributed by atoms with Crippen LogP contribution in [-0.2, 0) is 6.61 Å². The van der Waals surface area contributed by atoms with Gasteiger partial charge in [0.25, 0.3) is 0 Å². The van der Waals surface area contributed by atoms with Crippen molar-refractivity contribution in [1.29, 1.82) is 0 Å². The molecule has 1 aromatic carbocycles. The third-order valence-electron chi connectivity index (χ3n) is 2.14. The van der Waals surface area contributed by atoms with Crippen molar-refractivity contribution < 1.29 is 34.2 Å². The number of nitro groups is 1. The van der Waals surface area contributed by atoms with Crippen LogP contribution in [0.5, 0.6) is 5.75 Å². The fourth-order valence-electron chi connectivity index (χ4n) is 1.36. The van der Waals surface area contributed by atoms with Gasteiger partial charge in [0.2, 0.25) is 5.75 Å². The summed E-state index contributed by atoms with van der Waals surface area (Å²) in [6.07, 6.45) is 0. The zero-order valence-corrected chi connectivity index (χ0v) is 10.1. The van der Waals surface area contributed by atoms with Gasteiger partial charge in [0.1, 0.15) is 4.90 Å². The molecule has 0 aromatic heterocycles. The van der Waals surface area contributed by atoms with Crippen LogP contribution in [0.3, 0.4) is 0 Å². The first-order valence-corrected chi connectivity index (χ1v) is 6.45. The number of hydrogen-bond acceptors (Lipinski definition) is 4. The van der Waals surface area contributed by atoms with Crippen molar-refractivity contribution in [2.45, 2.75) is 11.5 Å². The standard InChI is InChI=1S/C8H8F5NO4S/c1-18-8-5(4-15)2-6(3-7(8)14(16)17)19(9,10,11,12)13/h2-3,15H,4H2,1H3. The molecule has 0 amide bonds. The first-order chi connectivity index (χ1) is 8.30. The van der Waals surface area contributed by atoms with Crippen LogP contribution in [0.4, 0.5) is 25.1 Å². The van der Waals surface area contributed by atoms with Gasteiger partial charge in [0.15, 0.2) is 0 Å². The molecular weight excluding hydrogens is 301 g/mol. The van der Waals surface area contributed by atoms with Gasteiger partial charge in [-0.05, 0) is 6.07 Å². The first-order valence-electron chi connectivity index (χ1n) is 4.50. The van der Waals surface area contributed by atoms with Gasteiger partial charge in [0, 0.05) is 11.6 Å². The van der Waals surface area contributed by atoms with E-state index in [-0.39, 0.29) is 12.1 Å². The minimum atomic E-state index is -10.1. The highest BCUT2D eigenvalue weighted by molar-refractivity contribution is 8.45. The highest BCUT2D eigenvalue weighted by Gasteiger charge is 2.66. The summed E-state index contributed by atoms with van der Waals surface area (Å²) in [5.74, 6) is -0.696. The lowest BCUT2D eigenvalue weighted by atomic mass is 10.2. The van der Waals surface area contributed by atoms with Crippen LogP contribution in [-0.4, -0.2) is 17.1 Å². The first kappa shape index (κ1) is 15.4. The number of methoxy groups -OCH3 is 1. The molecule has 0 atom stereocenters. The van der Waals surface area contributed by atoms with E-state index in [4.69, 9.17) is 5.11 Å². The molecule has 0 aliphatic rings. The Kier molecular flexibility index (Phi) is 3.00. The summed E-state index contributed by atoms with van der Waals surface area (Å²) in [4.78, 5) is 6.83. The van der Waals surface area contributed by atoms with E-state index in [9.17, 15) is 29.5 Å². The molecule has 0 fully saturated rings. The van der Waals surface area contributed by atoms with Crippen LogP contribution < -0.4 is 4.74 Å². The van der Waals surface area contributed by atoms with Gasteiger partial charge < -0.3 is 9.84 Å². The Hall–Kier alpha value is -1.62. The van der Waals surface area contributed by atoms with E-state index in [0.29, 0.717) is 0 Å². The van der Waals surface area contributed by atoms with Crippen LogP contribution in [0.2, 0.25) is 0 Å². The Balaban J connectivity index is 3.75. The number of aliphatic hydroxyl groups excluding tert-OH is 1. The Bertz CT molecular complexity index is 544. The van der Waals surface area contributed by atoms with E-state index in [1.54, 1.807) is 0 Å². The normalized spacial score (nSPS) is 15.5. The van der Waals surface area contributed by atoms with E-state index in [1.807, 2.05) is 0 Å². The number of rotatable bonds is 4. The van der Waals surface area contributed by atoms with E-state index in [2.05, 4.69) is 4.74 Å². The highest BCUT2D eigenvalue weighted by atomic mass is 32.5. The van der Waals surface area contributed by atoms with Gasteiger partial charge in [-0.25, -0.2) is 0 Å². The summed E-state index contributed by atoms with van der Waals surface area (Å²) in [6, 6.07) is -0.368. The van der Waals surface area contributed by atoms with Crippen LogP contribution in [0.1, 0.15) is 5.56 Å². The van der Waals surface area contributed by atoms with Gasteiger partial charge in [-0.2, -0.15) is 0 Å². The number of aliphatic hydroxyl groups is 1. The number of benzene rings is 1. The summed E-state index contributed by atoms with van der Waals surface area (Å²) < 4.78 is 67.5. The Labute approximate surface area is 103 Å². The Morgan fingerprint density at radius 3 is 2.16 bits per heavy atom. The molecule has 5 nitrogen and oxygen atoms in total. The molecule has 0 aliphatic carbocycles. The van der Waals surface area contributed by atoms with E-state index in [0.717, 1.165) is 7.11 Å². The predicted molar refractivity (Wildman–Crippen MR) is 57.0 cm³/mol. The summed E-state index contributed by atoms with van der Waals surface area (Å²) in [5, 5.41) is 19.4. The number of nitrogens with zero attached hydrogens (tertiary/aromatic N) is 1. The molecule has 0 radical (unpaired) electrons. The van der Waals surface area contributed by atoms with E-state index >= 15 is 0 Å². The van der Waals surface area contributed by atoms with Crippen LogP contribution in [0, 0.1) is 10.1 Å². The Morgan fingerprint density at radius 1 is 1.32 bits per heavy atom. The zero-order chi connectivity index (χ0) is 15.1. The minimum Gasteiger partial charge on any atom is -0.490 e. The number of halogens is 5. The van der Waals surface area contributed by atoms with Crippen LogP contribution in [0.15, 0.2) is 17.0 Å². The molecule has 110 valence electrons. The average molecular weight is 309 g/mol. The van der Waals surface area contributed by atoms with E-state index in [1.165, 1.54) is 0 Å². The molecule has 0 saturated heterocycles. The topological polar surface area (TPSA) is 72.6 Å². The lowest BCUT2D eigenvalue weighted by Crippen LogP contribution is -2.09. The zero-order valence-electron chi connectivity index (χ0n) is 9.28. The van der Waals surface area contributed by atoms with E-state index < -0.39 is 43.7 Å². The molecule has 11 heteroatoms. The fourth-order valence-corrected chi connectivity index (χ4v) is 2.05. The molecule has 1 rings (SSSR count). The quantitative estimate of drug-likeness (QED) is 0.522. The second-order valence-electron chi connectivity index (χ2n) is 3.52. The number of ether oxygens (including phenoxy) is 1. The summed E-state index contributed by atoms with van der Waals surface area (Å²) in [7, 11) is -9.17. The average Bonchev–Trinajstić information content (AvgIpc) is 2.23. The van der Waals surface area contributed by atoms with Crippen molar-refractivity contribution in [2.24, 2.45) is 0 Å². The molecule has 0 aliphatic heterocycles. The SMILES string of the molecule is COc1c(CO)cc(S(F)(F)(F)(F)F)cc1[N+](=O)[O-]. The number of hydrogen-bond donors (Lipinski definition) is 1. The maximum atomic E-state index is 12.6. The van der Waals surface area contributed by atoms with Gasteiger partial charge in [-0.1, -0.05) is 19.4 Å². The molecule has 1 aromatic rings. The fraction of sp³-hybridized carbons (Fsp3) is 0.250. The second-order valence-corrected chi connectivity index (χ2v) is 5.93.